The Morgan fingerprint density at radius 3 is 2.04 bits per heavy atom. The van der Waals surface area contributed by atoms with Gasteiger partial charge in [0.2, 0.25) is 12.3 Å². The number of carbonyl (C=O) groups is 1. The first kappa shape index (κ1) is 20.7. The van der Waals surface area contributed by atoms with Crippen LogP contribution >= 0.6 is 28.6 Å². The summed E-state index contributed by atoms with van der Waals surface area (Å²) in [6, 6.07) is 17.2. The Hall–Kier alpha value is -2.57. The molecule has 0 atom stereocenters. The van der Waals surface area contributed by atoms with E-state index in [0.29, 0.717) is 17.0 Å². The summed E-state index contributed by atoms with van der Waals surface area (Å²) in [7, 11) is 0. The van der Waals surface area contributed by atoms with Gasteiger partial charge < -0.3 is 0 Å². The number of halogens is 2. The largest absolute Gasteiger partial charge is 0.287 e. The van der Waals surface area contributed by atoms with Crippen molar-refractivity contribution >= 4 is 40.1 Å². The minimum absolute atomic E-state index is 0. The fraction of sp³-hybridized carbons (Fsp3) is 0.100. The van der Waals surface area contributed by atoms with Crippen molar-refractivity contribution in [3.05, 3.63) is 105 Å². The number of rotatable bonds is 6. The number of nitro groups is 1. The van der Waals surface area contributed by atoms with Gasteiger partial charge in [0.1, 0.15) is 0 Å². The highest BCUT2D eigenvalue weighted by molar-refractivity contribution is 8.93. The first-order valence-corrected chi connectivity index (χ1v) is 8.39. The Kier molecular flexibility index (Phi) is 7.21. The van der Waals surface area contributed by atoms with Crippen LogP contribution in [0.1, 0.15) is 21.5 Å². The topological polar surface area (TPSA) is 64.1 Å². The lowest BCUT2D eigenvalue weighted by Gasteiger charge is -2.02. The van der Waals surface area contributed by atoms with Crippen LogP contribution in [0.15, 0.2) is 73.1 Å². The summed E-state index contributed by atoms with van der Waals surface area (Å²) in [6.45, 7) is 0.249. The van der Waals surface area contributed by atoms with Gasteiger partial charge >= 0.3 is 0 Å². The number of nitro benzene ring substituents is 1. The van der Waals surface area contributed by atoms with E-state index < -0.39 is 4.92 Å². The number of Topliss-reactive ketones (excluding diaryl/α,β-unsaturated/α-hetero) is 1. The van der Waals surface area contributed by atoms with E-state index in [2.05, 4.69) is 0 Å². The molecule has 1 aromatic heterocycles. The van der Waals surface area contributed by atoms with Gasteiger partial charge in [0.25, 0.3) is 5.69 Å². The number of non-ortho nitro benzene ring substituents is 1. The lowest BCUT2D eigenvalue weighted by Crippen LogP contribution is -2.37. The zero-order chi connectivity index (χ0) is 18.5. The number of carbonyl (C=O) groups excluding carboxylic acids is 1. The zero-order valence-corrected chi connectivity index (χ0v) is 16.7. The molecule has 0 amide bonds. The highest BCUT2D eigenvalue weighted by Gasteiger charge is 2.12. The van der Waals surface area contributed by atoms with Gasteiger partial charge in [-0.15, -0.1) is 17.0 Å². The van der Waals surface area contributed by atoms with Crippen LogP contribution < -0.4 is 4.57 Å². The fourth-order valence-electron chi connectivity index (χ4n) is 2.58. The summed E-state index contributed by atoms with van der Waals surface area (Å²) in [4.78, 5) is 22.5. The summed E-state index contributed by atoms with van der Waals surface area (Å²) in [5.41, 5.74) is 2.76. The molecule has 0 N–H and O–H groups in total. The molecule has 3 rings (SSSR count). The molecule has 0 saturated heterocycles. The first-order valence-electron chi connectivity index (χ1n) is 8.01. The molecule has 7 heteroatoms. The summed E-state index contributed by atoms with van der Waals surface area (Å²) in [5.74, 6) is 0.00906. The van der Waals surface area contributed by atoms with Crippen LogP contribution in [0.4, 0.5) is 5.69 Å². The van der Waals surface area contributed by atoms with E-state index in [0.717, 1.165) is 11.1 Å². The molecule has 138 valence electrons. The normalized spacial score (nSPS) is 10.1. The van der Waals surface area contributed by atoms with Crippen molar-refractivity contribution in [1.82, 2.24) is 0 Å². The molecule has 2 aromatic carbocycles. The predicted octanol–water partition coefficient (Wildman–Crippen LogP) is 4.59. The maximum Gasteiger partial charge on any atom is 0.269 e. The Balaban J connectivity index is 0.00000261. The SMILES string of the molecule is Br.O=C(C[n+]1ccc(Cc2ccc([N+](=O)[O-])cc2)cc1)c1ccc(Cl)cc1. The second-order valence-electron chi connectivity index (χ2n) is 5.91. The molecule has 0 saturated carbocycles. The fourth-order valence-corrected chi connectivity index (χ4v) is 2.70. The van der Waals surface area contributed by atoms with Gasteiger partial charge in [-0.05, 0) is 41.8 Å². The highest BCUT2D eigenvalue weighted by Crippen LogP contribution is 2.15. The molecule has 0 aliphatic heterocycles. The van der Waals surface area contributed by atoms with Crippen LogP contribution in [0.2, 0.25) is 5.02 Å². The average molecular weight is 449 g/mol. The van der Waals surface area contributed by atoms with Gasteiger partial charge in [0, 0.05) is 34.9 Å². The number of nitrogens with zero attached hydrogens (tertiary/aromatic N) is 2. The van der Waals surface area contributed by atoms with Gasteiger partial charge in [0.05, 0.1) is 4.92 Å². The number of aromatic nitrogens is 1. The van der Waals surface area contributed by atoms with Crippen molar-refractivity contribution in [2.45, 2.75) is 13.0 Å². The van der Waals surface area contributed by atoms with Crippen molar-refractivity contribution < 1.29 is 14.3 Å². The van der Waals surface area contributed by atoms with Crippen molar-refractivity contribution in [3.8, 4) is 0 Å². The van der Waals surface area contributed by atoms with Gasteiger partial charge in [-0.2, -0.15) is 4.57 Å². The van der Waals surface area contributed by atoms with Gasteiger partial charge in [-0.1, -0.05) is 23.7 Å². The standard InChI is InChI=1S/C20H16ClN2O3.BrH/c21-18-5-3-17(4-6-18)20(24)14-22-11-9-16(10-12-22)13-15-1-7-19(8-2-15)23(25)26;/h1-12H,13-14H2;1H/q+1;. The molecule has 3 aromatic rings. The molecular weight excluding hydrogens is 432 g/mol. The Labute approximate surface area is 172 Å². The van der Waals surface area contributed by atoms with Crippen molar-refractivity contribution in [2.75, 3.05) is 0 Å². The summed E-state index contributed by atoms with van der Waals surface area (Å²) >= 11 is 5.83. The second kappa shape index (κ2) is 9.39. The van der Waals surface area contributed by atoms with Crippen molar-refractivity contribution in [3.63, 3.8) is 0 Å². The van der Waals surface area contributed by atoms with Crippen molar-refractivity contribution in [1.29, 1.82) is 0 Å². The minimum atomic E-state index is -0.410. The monoisotopic (exact) mass is 447 g/mol. The van der Waals surface area contributed by atoms with Gasteiger partial charge in [0.15, 0.2) is 12.4 Å². The minimum Gasteiger partial charge on any atom is -0.287 e. The van der Waals surface area contributed by atoms with E-state index in [1.165, 1.54) is 12.1 Å². The Morgan fingerprint density at radius 1 is 0.926 bits per heavy atom. The van der Waals surface area contributed by atoms with Gasteiger partial charge in [-0.3, -0.25) is 14.9 Å². The molecular formula is C20H17BrClN2O3+. The summed E-state index contributed by atoms with van der Waals surface area (Å²) < 4.78 is 1.82. The second-order valence-corrected chi connectivity index (χ2v) is 6.35. The highest BCUT2D eigenvalue weighted by atomic mass is 79.9. The number of benzene rings is 2. The molecule has 27 heavy (non-hydrogen) atoms. The molecule has 0 aliphatic rings. The zero-order valence-electron chi connectivity index (χ0n) is 14.2. The van der Waals surface area contributed by atoms with E-state index in [-0.39, 0.29) is 35.0 Å². The molecule has 0 fully saturated rings. The smallest absolute Gasteiger partial charge is 0.269 e. The van der Waals surface area contributed by atoms with Crippen LogP contribution in [-0.4, -0.2) is 10.7 Å². The number of hydrogen-bond acceptors (Lipinski definition) is 3. The third-order valence-corrected chi connectivity index (χ3v) is 4.26. The maximum absolute atomic E-state index is 12.3. The molecule has 0 bridgehead atoms. The molecule has 0 unspecified atom stereocenters. The molecule has 0 aliphatic carbocycles. The van der Waals surface area contributed by atoms with Crippen LogP contribution in [0, 0.1) is 10.1 Å². The Bertz CT molecular complexity index is 927. The molecule has 5 nitrogen and oxygen atoms in total. The first-order chi connectivity index (χ1) is 12.5. The average Bonchev–Trinajstić information content (AvgIpc) is 2.64. The quantitative estimate of drug-likeness (QED) is 0.240. The van der Waals surface area contributed by atoms with Crippen LogP contribution in [0.25, 0.3) is 0 Å². The van der Waals surface area contributed by atoms with Crippen LogP contribution in [-0.2, 0) is 13.0 Å². The van der Waals surface area contributed by atoms with Crippen LogP contribution in [0.5, 0.6) is 0 Å². The van der Waals surface area contributed by atoms with E-state index in [1.807, 2.05) is 29.1 Å². The summed E-state index contributed by atoms with van der Waals surface area (Å²) in [6.07, 6.45) is 4.38. The van der Waals surface area contributed by atoms with E-state index in [4.69, 9.17) is 11.6 Å². The van der Waals surface area contributed by atoms with Crippen LogP contribution in [0.3, 0.4) is 0 Å². The van der Waals surface area contributed by atoms with E-state index >= 15 is 0 Å². The van der Waals surface area contributed by atoms with E-state index in [9.17, 15) is 14.9 Å². The number of ketones is 1. The Morgan fingerprint density at radius 2 is 1.48 bits per heavy atom. The lowest BCUT2D eigenvalue weighted by molar-refractivity contribution is -0.683. The number of hydrogen-bond donors (Lipinski definition) is 0. The molecule has 1 heterocycles. The number of pyridine rings is 1. The lowest BCUT2D eigenvalue weighted by atomic mass is 10.1. The third kappa shape index (κ3) is 5.70. The molecule has 0 radical (unpaired) electrons. The third-order valence-electron chi connectivity index (χ3n) is 4.01. The summed E-state index contributed by atoms with van der Waals surface area (Å²) in [5, 5.41) is 11.3. The molecule has 0 spiro atoms. The van der Waals surface area contributed by atoms with E-state index in [1.54, 1.807) is 36.4 Å². The van der Waals surface area contributed by atoms with Gasteiger partial charge in [-0.25, -0.2) is 0 Å². The maximum atomic E-state index is 12.3. The van der Waals surface area contributed by atoms with Crippen molar-refractivity contribution in [2.24, 2.45) is 0 Å². The predicted molar refractivity (Wildman–Crippen MR) is 109 cm³/mol.